The molecule has 1 heterocycles. The monoisotopic (exact) mass is 310 g/mol. The number of hydrogen-bond donors (Lipinski definition) is 1. The fraction of sp³-hybridized carbons (Fsp3) is 0.647. The summed E-state index contributed by atoms with van der Waals surface area (Å²) in [7, 11) is 0. The van der Waals surface area contributed by atoms with Gasteiger partial charge in [-0.25, -0.2) is 0 Å². The fourth-order valence-corrected chi connectivity index (χ4v) is 3.25. The van der Waals surface area contributed by atoms with E-state index in [0.29, 0.717) is 6.10 Å². The summed E-state index contributed by atoms with van der Waals surface area (Å²) < 4.78 is 5.73. The average Bonchev–Trinajstić information content (AvgIpc) is 2.49. The summed E-state index contributed by atoms with van der Waals surface area (Å²) >= 11 is 6.47. The van der Waals surface area contributed by atoms with Crippen molar-refractivity contribution in [3.63, 3.8) is 0 Å². The number of para-hydroxylation sites is 1. The van der Waals surface area contributed by atoms with Gasteiger partial charge in [-0.15, -0.1) is 0 Å². The Hall–Kier alpha value is -0.770. The molecular formula is C17H27ClN2O. The lowest BCUT2D eigenvalue weighted by Crippen LogP contribution is -2.38. The van der Waals surface area contributed by atoms with Crippen molar-refractivity contribution >= 4 is 17.3 Å². The molecule has 1 aromatic rings. The molecule has 0 bridgehead atoms. The molecule has 118 valence electrons. The molecule has 0 unspecified atom stereocenters. The van der Waals surface area contributed by atoms with Crippen LogP contribution in [0.3, 0.4) is 0 Å². The van der Waals surface area contributed by atoms with Gasteiger partial charge in [0, 0.05) is 26.2 Å². The summed E-state index contributed by atoms with van der Waals surface area (Å²) in [5.74, 6) is 0. The van der Waals surface area contributed by atoms with Crippen LogP contribution < -0.4 is 10.2 Å². The summed E-state index contributed by atoms with van der Waals surface area (Å²) in [5.41, 5.74) is 2.50. The topological polar surface area (TPSA) is 24.5 Å². The highest BCUT2D eigenvalue weighted by Gasteiger charge is 2.22. The fourth-order valence-electron chi connectivity index (χ4n) is 2.94. The standard InChI is InChI=1S/C17H27ClN2O/c1-3-10-19-13-14-6-5-7-16(18)17(14)20-11-8-15(9-12-20)21-4-2/h5-7,15,19H,3-4,8-13H2,1-2H3. The van der Waals surface area contributed by atoms with Gasteiger partial charge in [0.1, 0.15) is 0 Å². The molecule has 4 heteroatoms. The van der Waals surface area contributed by atoms with Gasteiger partial charge in [-0.2, -0.15) is 0 Å². The maximum absolute atomic E-state index is 6.47. The summed E-state index contributed by atoms with van der Waals surface area (Å²) in [4.78, 5) is 2.42. The lowest BCUT2D eigenvalue weighted by Gasteiger charge is -2.35. The van der Waals surface area contributed by atoms with Gasteiger partial charge in [-0.3, -0.25) is 0 Å². The first kappa shape index (κ1) is 16.6. The van der Waals surface area contributed by atoms with Crippen LogP contribution in [0.5, 0.6) is 0 Å². The number of nitrogens with zero attached hydrogens (tertiary/aromatic N) is 1. The highest BCUT2D eigenvalue weighted by atomic mass is 35.5. The van der Waals surface area contributed by atoms with Gasteiger partial charge < -0.3 is 15.0 Å². The van der Waals surface area contributed by atoms with Crippen molar-refractivity contribution in [2.45, 2.75) is 45.8 Å². The molecule has 0 radical (unpaired) electrons. The summed E-state index contributed by atoms with van der Waals surface area (Å²) in [6.07, 6.45) is 3.73. The predicted octanol–water partition coefficient (Wildman–Crippen LogP) is 3.84. The zero-order chi connectivity index (χ0) is 15.1. The van der Waals surface area contributed by atoms with Crippen molar-refractivity contribution in [1.29, 1.82) is 0 Å². The molecule has 2 rings (SSSR count). The minimum Gasteiger partial charge on any atom is -0.378 e. The number of hydrogen-bond acceptors (Lipinski definition) is 3. The third kappa shape index (κ3) is 4.60. The van der Waals surface area contributed by atoms with Crippen molar-refractivity contribution in [3.8, 4) is 0 Å². The van der Waals surface area contributed by atoms with Crippen molar-refractivity contribution < 1.29 is 4.74 Å². The molecule has 1 N–H and O–H groups in total. The number of rotatable bonds is 7. The zero-order valence-corrected chi connectivity index (χ0v) is 14.0. The summed E-state index contributed by atoms with van der Waals surface area (Å²) in [5, 5.41) is 4.34. The lowest BCUT2D eigenvalue weighted by molar-refractivity contribution is 0.0459. The van der Waals surface area contributed by atoms with E-state index < -0.39 is 0 Å². The smallest absolute Gasteiger partial charge is 0.0642 e. The van der Waals surface area contributed by atoms with Crippen LogP contribution in [0, 0.1) is 0 Å². The van der Waals surface area contributed by atoms with Gasteiger partial charge in [0.25, 0.3) is 0 Å². The second-order valence-corrected chi connectivity index (χ2v) is 5.97. The Bertz CT molecular complexity index is 431. The minimum absolute atomic E-state index is 0.412. The van der Waals surface area contributed by atoms with Gasteiger partial charge in [0.2, 0.25) is 0 Å². The maximum atomic E-state index is 6.47. The van der Waals surface area contributed by atoms with E-state index in [1.165, 1.54) is 11.3 Å². The van der Waals surface area contributed by atoms with Gasteiger partial charge >= 0.3 is 0 Å². The van der Waals surface area contributed by atoms with Gasteiger partial charge in [-0.1, -0.05) is 30.7 Å². The highest BCUT2D eigenvalue weighted by Crippen LogP contribution is 2.32. The molecule has 3 nitrogen and oxygen atoms in total. The predicted molar refractivity (Wildman–Crippen MR) is 90.3 cm³/mol. The van der Waals surface area contributed by atoms with Gasteiger partial charge in [0.15, 0.2) is 0 Å². The van der Waals surface area contributed by atoms with Crippen LogP contribution in [-0.4, -0.2) is 32.3 Å². The van der Waals surface area contributed by atoms with Crippen LogP contribution in [0.4, 0.5) is 5.69 Å². The van der Waals surface area contributed by atoms with E-state index in [4.69, 9.17) is 16.3 Å². The number of benzene rings is 1. The van der Waals surface area contributed by atoms with E-state index in [0.717, 1.165) is 57.1 Å². The number of nitrogens with one attached hydrogen (secondary N) is 1. The quantitative estimate of drug-likeness (QED) is 0.774. The first-order valence-electron chi connectivity index (χ1n) is 8.10. The summed E-state index contributed by atoms with van der Waals surface area (Å²) in [6.45, 7) is 9.03. The molecule has 1 fully saturated rings. The summed E-state index contributed by atoms with van der Waals surface area (Å²) in [6, 6.07) is 6.22. The van der Waals surface area contributed by atoms with Crippen LogP contribution in [0.1, 0.15) is 38.7 Å². The Labute approximate surface area is 133 Å². The molecule has 0 aromatic heterocycles. The second-order valence-electron chi connectivity index (χ2n) is 5.57. The lowest BCUT2D eigenvalue weighted by atomic mass is 10.0. The third-order valence-electron chi connectivity index (χ3n) is 3.97. The molecule has 21 heavy (non-hydrogen) atoms. The number of piperidine rings is 1. The normalized spacial score (nSPS) is 16.4. The second kappa shape index (κ2) is 8.62. The molecule has 0 saturated carbocycles. The van der Waals surface area contributed by atoms with Gasteiger partial charge in [-0.05, 0) is 44.4 Å². The molecule has 0 amide bonds. The minimum atomic E-state index is 0.412. The van der Waals surface area contributed by atoms with Crippen LogP contribution in [0.25, 0.3) is 0 Å². The molecule has 1 aliphatic heterocycles. The number of halogens is 1. The van der Waals surface area contributed by atoms with Crippen LogP contribution >= 0.6 is 11.6 Å². The number of ether oxygens (including phenoxy) is 1. The first-order chi connectivity index (χ1) is 10.3. The van der Waals surface area contributed by atoms with Crippen molar-refractivity contribution in [3.05, 3.63) is 28.8 Å². The van der Waals surface area contributed by atoms with E-state index >= 15 is 0 Å². The molecule has 0 aliphatic carbocycles. The largest absolute Gasteiger partial charge is 0.378 e. The van der Waals surface area contributed by atoms with Gasteiger partial charge in [0.05, 0.1) is 16.8 Å². The zero-order valence-electron chi connectivity index (χ0n) is 13.2. The molecule has 1 aromatic carbocycles. The third-order valence-corrected chi connectivity index (χ3v) is 4.28. The Morgan fingerprint density at radius 1 is 1.29 bits per heavy atom. The van der Waals surface area contributed by atoms with E-state index in [-0.39, 0.29) is 0 Å². The molecule has 1 saturated heterocycles. The molecule has 0 atom stereocenters. The molecule has 0 spiro atoms. The first-order valence-corrected chi connectivity index (χ1v) is 8.48. The Morgan fingerprint density at radius 2 is 2.05 bits per heavy atom. The molecular weight excluding hydrogens is 284 g/mol. The average molecular weight is 311 g/mol. The van der Waals surface area contributed by atoms with E-state index in [9.17, 15) is 0 Å². The van der Waals surface area contributed by atoms with E-state index in [1.807, 2.05) is 12.1 Å². The van der Waals surface area contributed by atoms with Crippen molar-refractivity contribution in [1.82, 2.24) is 5.32 Å². The Morgan fingerprint density at radius 3 is 2.71 bits per heavy atom. The van der Waals surface area contributed by atoms with Crippen LogP contribution in [-0.2, 0) is 11.3 Å². The highest BCUT2D eigenvalue weighted by molar-refractivity contribution is 6.33. The maximum Gasteiger partial charge on any atom is 0.0642 e. The van der Waals surface area contributed by atoms with Crippen molar-refractivity contribution in [2.24, 2.45) is 0 Å². The van der Waals surface area contributed by atoms with Crippen molar-refractivity contribution in [2.75, 3.05) is 31.1 Å². The SMILES string of the molecule is CCCNCc1cccc(Cl)c1N1CCC(OCC)CC1. The Kier molecular flexibility index (Phi) is 6.81. The van der Waals surface area contributed by atoms with E-state index in [2.05, 4.69) is 30.1 Å². The van der Waals surface area contributed by atoms with E-state index in [1.54, 1.807) is 0 Å². The molecule has 1 aliphatic rings. The van der Waals surface area contributed by atoms with Crippen LogP contribution in [0.15, 0.2) is 18.2 Å². The Balaban J connectivity index is 2.04. The number of anilines is 1. The van der Waals surface area contributed by atoms with Crippen LogP contribution in [0.2, 0.25) is 5.02 Å².